The van der Waals surface area contributed by atoms with Crippen LogP contribution in [-0.2, 0) is 0 Å². The molecule has 0 amide bonds. The first-order chi connectivity index (χ1) is 10.2. The Morgan fingerprint density at radius 2 is 2.10 bits per heavy atom. The van der Waals surface area contributed by atoms with Crippen molar-refractivity contribution in [1.82, 2.24) is 19.5 Å². The molecule has 21 heavy (non-hydrogen) atoms. The molecule has 0 aliphatic carbocycles. The lowest BCUT2D eigenvalue weighted by atomic mass is 10.1. The second-order valence-electron chi connectivity index (χ2n) is 4.81. The van der Waals surface area contributed by atoms with Crippen LogP contribution in [0.4, 0.5) is 5.82 Å². The molecular formula is C12H17N5O3S. The number of aliphatic hydroxyl groups excluding tert-OH is 3. The largest absolute Gasteiger partial charge is 0.395 e. The number of fused-ring (bicyclic) bond motifs is 1. The van der Waals surface area contributed by atoms with Crippen LogP contribution >= 0.6 is 11.8 Å². The summed E-state index contributed by atoms with van der Waals surface area (Å²) >= 11 is 1.31. The van der Waals surface area contributed by atoms with E-state index < -0.39 is 22.8 Å². The fraction of sp³-hybridized carbons (Fsp3) is 0.583. The number of hydrogen-bond donors (Lipinski definition) is 4. The molecule has 3 heterocycles. The summed E-state index contributed by atoms with van der Waals surface area (Å²) in [7, 11) is 0. The molecule has 0 spiro atoms. The molecule has 0 radical (unpaired) electrons. The van der Waals surface area contributed by atoms with Gasteiger partial charge in [0, 0.05) is 6.54 Å². The van der Waals surface area contributed by atoms with Gasteiger partial charge in [0.05, 0.1) is 24.3 Å². The van der Waals surface area contributed by atoms with Gasteiger partial charge in [-0.3, -0.25) is 4.57 Å². The monoisotopic (exact) mass is 311 g/mol. The maximum atomic E-state index is 10.2. The minimum atomic E-state index is -0.984. The van der Waals surface area contributed by atoms with Crippen molar-refractivity contribution in [2.75, 3.05) is 18.5 Å². The number of anilines is 1. The van der Waals surface area contributed by atoms with Crippen molar-refractivity contribution in [3.63, 3.8) is 0 Å². The molecule has 2 aromatic heterocycles. The van der Waals surface area contributed by atoms with Gasteiger partial charge >= 0.3 is 0 Å². The zero-order valence-electron chi connectivity index (χ0n) is 11.4. The zero-order chi connectivity index (χ0) is 15.0. The molecule has 9 heteroatoms. The van der Waals surface area contributed by atoms with Crippen molar-refractivity contribution in [2.24, 2.45) is 0 Å². The molecule has 4 atom stereocenters. The van der Waals surface area contributed by atoms with E-state index in [0.29, 0.717) is 23.5 Å². The van der Waals surface area contributed by atoms with Crippen LogP contribution < -0.4 is 5.32 Å². The van der Waals surface area contributed by atoms with Crippen LogP contribution in [0.3, 0.4) is 0 Å². The average molecular weight is 311 g/mol. The topological polar surface area (TPSA) is 116 Å². The summed E-state index contributed by atoms with van der Waals surface area (Å²) in [6.45, 7) is 2.48. The first-order valence-corrected chi connectivity index (χ1v) is 7.65. The molecule has 0 saturated carbocycles. The standard InChI is InChI=1S/C12H17N5O3S/c1-2-13-10-7-11(15-4-14-10)17(5-16-7)12-9(20)8(19)6(3-18)21-12/h4-6,8-9,12,18-20H,2-3H2,1H3,(H,13,14,15)/t6-,8-,9-,12-/m1/s1. The molecule has 3 rings (SSSR count). The molecule has 114 valence electrons. The van der Waals surface area contributed by atoms with Crippen molar-refractivity contribution in [1.29, 1.82) is 0 Å². The molecule has 1 aliphatic heterocycles. The Labute approximate surface area is 125 Å². The lowest BCUT2D eigenvalue weighted by molar-refractivity contribution is 0.0113. The number of hydrogen-bond acceptors (Lipinski definition) is 8. The van der Waals surface area contributed by atoms with E-state index in [-0.39, 0.29) is 6.61 Å². The smallest absolute Gasteiger partial charge is 0.166 e. The highest BCUT2D eigenvalue weighted by Gasteiger charge is 2.43. The summed E-state index contributed by atoms with van der Waals surface area (Å²) in [4.78, 5) is 12.7. The molecule has 1 saturated heterocycles. The van der Waals surface area contributed by atoms with Gasteiger partial charge in [0.1, 0.15) is 23.3 Å². The second kappa shape index (κ2) is 5.76. The summed E-state index contributed by atoms with van der Waals surface area (Å²) in [5, 5.41) is 31.6. The highest BCUT2D eigenvalue weighted by molar-refractivity contribution is 8.00. The Kier molecular flexibility index (Phi) is 3.98. The summed E-state index contributed by atoms with van der Waals surface area (Å²) in [6, 6.07) is 0. The van der Waals surface area contributed by atoms with Crippen LogP contribution in [0.25, 0.3) is 11.2 Å². The van der Waals surface area contributed by atoms with E-state index in [0.717, 1.165) is 0 Å². The normalized spacial score (nSPS) is 29.1. The highest BCUT2D eigenvalue weighted by atomic mass is 32.2. The highest BCUT2D eigenvalue weighted by Crippen LogP contribution is 2.42. The molecule has 0 aromatic carbocycles. The maximum absolute atomic E-state index is 10.2. The van der Waals surface area contributed by atoms with Gasteiger partial charge in [-0.15, -0.1) is 11.8 Å². The van der Waals surface area contributed by atoms with Crippen molar-refractivity contribution in [3.8, 4) is 0 Å². The fourth-order valence-electron chi connectivity index (χ4n) is 2.44. The van der Waals surface area contributed by atoms with E-state index in [1.807, 2.05) is 6.92 Å². The molecule has 8 nitrogen and oxygen atoms in total. The van der Waals surface area contributed by atoms with Crippen LogP contribution in [0.1, 0.15) is 12.3 Å². The number of aliphatic hydroxyl groups is 3. The molecule has 4 N–H and O–H groups in total. The van der Waals surface area contributed by atoms with Crippen LogP contribution in [0.15, 0.2) is 12.7 Å². The summed E-state index contributed by atoms with van der Waals surface area (Å²) in [5.41, 5.74) is 1.21. The molecule has 2 aromatic rings. The first-order valence-electron chi connectivity index (χ1n) is 6.71. The third kappa shape index (κ3) is 2.35. The molecule has 0 bridgehead atoms. The van der Waals surface area contributed by atoms with Gasteiger partial charge in [0.25, 0.3) is 0 Å². The van der Waals surface area contributed by atoms with Crippen molar-refractivity contribution < 1.29 is 15.3 Å². The number of nitrogens with zero attached hydrogens (tertiary/aromatic N) is 4. The molecule has 1 fully saturated rings. The van der Waals surface area contributed by atoms with E-state index in [4.69, 9.17) is 0 Å². The third-order valence-corrected chi connectivity index (χ3v) is 5.06. The molecule has 1 aliphatic rings. The summed E-state index contributed by atoms with van der Waals surface area (Å²) in [6.07, 6.45) is 1.05. The van der Waals surface area contributed by atoms with Crippen LogP contribution in [-0.4, -0.2) is 65.4 Å². The Morgan fingerprint density at radius 1 is 1.29 bits per heavy atom. The van der Waals surface area contributed by atoms with Crippen LogP contribution in [0, 0.1) is 0 Å². The predicted molar refractivity (Wildman–Crippen MR) is 79.0 cm³/mol. The lowest BCUT2D eigenvalue weighted by Gasteiger charge is -2.17. The minimum Gasteiger partial charge on any atom is -0.395 e. The summed E-state index contributed by atoms with van der Waals surface area (Å²) in [5.74, 6) is 0.637. The van der Waals surface area contributed by atoms with Crippen LogP contribution in [0.5, 0.6) is 0 Å². The zero-order valence-corrected chi connectivity index (χ0v) is 12.2. The van der Waals surface area contributed by atoms with Crippen molar-refractivity contribution in [3.05, 3.63) is 12.7 Å². The van der Waals surface area contributed by atoms with E-state index in [1.54, 1.807) is 10.9 Å². The van der Waals surface area contributed by atoms with E-state index in [1.165, 1.54) is 18.1 Å². The Morgan fingerprint density at radius 3 is 2.76 bits per heavy atom. The van der Waals surface area contributed by atoms with Gasteiger partial charge in [-0.05, 0) is 6.92 Å². The quantitative estimate of drug-likeness (QED) is 0.602. The van der Waals surface area contributed by atoms with Gasteiger partial charge in [-0.2, -0.15) is 0 Å². The lowest BCUT2D eigenvalue weighted by Crippen LogP contribution is -2.32. The van der Waals surface area contributed by atoms with Gasteiger partial charge in [-0.1, -0.05) is 0 Å². The van der Waals surface area contributed by atoms with Gasteiger partial charge in [0.2, 0.25) is 0 Å². The number of aromatic nitrogens is 4. The first kappa shape index (κ1) is 14.5. The molecular weight excluding hydrogens is 294 g/mol. The average Bonchev–Trinajstić information content (AvgIpc) is 3.03. The molecule has 0 unspecified atom stereocenters. The SMILES string of the molecule is CCNc1ncnc2c1ncn2[C@@H]1S[C@H](CO)[C@@H](O)[C@H]1O. The number of thioether (sulfide) groups is 1. The van der Waals surface area contributed by atoms with Crippen molar-refractivity contribution >= 4 is 28.7 Å². The number of nitrogens with one attached hydrogen (secondary N) is 1. The minimum absolute atomic E-state index is 0.191. The van der Waals surface area contributed by atoms with E-state index in [2.05, 4.69) is 20.3 Å². The Hall–Kier alpha value is -1.42. The Balaban J connectivity index is 2.00. The third-order valence-electron chi connectivity index (χ3n) is 3.49. The van der Waals surface area contributed by atoms with E-state index >= 15 is 0 Å². The second-order valence-corrected chi connectivity index (χ2v) is 6.17. The van der Waals surface area contributed by atoms with E-state index in [9.17, 15) is 15.3 Å². The fourth-order valence-corrected chi connectivity index (χ4v) is 3.82. The maximum Gasteiger partial charge on any atom is 0.166 e. The number of imidazole rings is 1. The van der Waals surface area contributed by atoms with Crippen molar-refractivity contribution in [2.45, 2.75) is 29.8 Å². The predicted octanol–water partition coefficient (Wildman–Crippen LogP) is -0.414. The van der Waals surface area contributed by atoms with Gasteiger partial charge < -0.3 is 20.6 Å². The Bertz CT molecular complexity index is 636. The van der Waals surface area contributed by atoms with Crippen LogP contribution in [0.2, 0.25) is 0 Å². The van der Waals surface area contributed by atoms with Gasteiger partial charge in [0.15, 0.2) is 11.5 Å². The number of rotatable bonds is 4. The summed E-state index contributed by atoms with van der Waals surface area (Å²) < 4.78 is 1.71. The van der Waals surface area contributed by atoms with Gasteiger partial charge in [-0.25, -0.2) is 15.0 Å².